The highest BCUT2D eigenvalue weighted by atomic mass is 35.5. The Morgan fingerprint density at radius 3 is 2.49 bits per heavy atom. The number of fused-ring (bicyclic) bond motifs is 2. The van der Waals surface area contributed by atoms with Crippen LogP contribution in [0.4, 0.5) is 11.4 Å². The number of amidine groups is 1. The van der Waals surface area contributed by atoms with Crippen LogP contribution in [0.3, 0.4) is 0 Å². The van der Waals surface area contributed by atoms with E-state index in [2.05, 4.69) is 15.5 Å². The highest BCUT2D eigenvalue weighted by molar-refractivity contribution is 6.32. The lowest BCUT2D eigenvalue weighted by atomic mass is 10.0. The summed E-state index contributed by atoms with van der Waals surface area (Å²) in [4.78, 5) is 23.1. The lowest BCUT2D eigenvalue weighted by Gasteiger charge is -2.25. The number of benzene rings is 4. The standard InChI is InChI=1S/C31H25ClN6O3/c1-19-33-24-11-5-3-9-22(24)31(39)38(19)37-30-28(36-35-25-12-6-4-10-23(25)32)29(20-15-17-21(40-2)18-16-20)41-27-14-8-7-13-26(27)34-30/h3-18,28-29H,1-2H3,(H,34,37). The molecule has 9 nitrogen and oxygen atoms in total. The average molecular weight is 565 g/mol. The molecule has 6 rings (SSSR count). The number of para-hydroxylation sites is 3. The van der Waals surface area contributed by atoms with Crippen LogP contribution in [0.15, 0.2) is 117 Å². The number of rotatable bonds is 5. The van der Waals surface area contributed by atoms with E-state index < -0.39 is 12.1 Å². The van der Waals surface area contributed by atoms with Crippen LogP contribution in [0.1, 0.15) is 17.5 Å². The predicted octanol–water partition coefficient (Wildman–Crippen LogP) is 6.93. The van der Waals surface area contributed by atoms with Gasteiger partial charge in [-0.3, -0.25) is 10.2 Å². The van der Waals surface area contributed by atoms with Crippen molar-refractivity contribution in [2.45, 2.75) is 19.1 Å². The van der Waals surface area contributed by atoms with Crippen LogP contribution in [-0.2, 0) is 0 Å². The van der Waals surface area contributed by atoms with E-state index in [4.69, 9.17) is 31.2 Å². The first-order valence-electron chi connectivity index (χ1n) is 12.9. The zero-order chi connectivity index (χ0) is 28.3. The Labute approximate surface area is 240 Å². The highest BCUT2D eigenvalue weighted by Crippen LogP contribution is 2.38. The van der Waals surface area contributed by atoms with E-state index in [1.54, 1.807) is 38.3 Å². The van der Waals surface area contributed by atoms with Crippen LogP contribution in [0.2, 0.25) is 5.02 Å². The minimum Gasteiger partial charge on any atom is -0.497 e. The number of ether oxygens (including phenoxy) is 2. The van der Waals surface area contributed by atoms with E-state index in [0.29, 0.717) is 50.5 Å². The van der Waals surface area contributed by atoms with Gasteiger partial charge in [0.1, 0.15) is 28.7 Å². The van der Waals surface area contributed by atoms with Gasteiger partial charge in [0.25, 0.3) is 5.56 Å². The first kappa shape index (κ1) is 26.2. The molecule has 0 saturated carbocycles. The Hall–Kier alpha value is -5.02. The van der Waals surface area contributed by atoms with Crippen LogP contribution >= 0.6 is 11.6 Å². The summed E-state index contributed by atoms with van der Waals surface area (Å²) in [7, 11) is 1.61. The smallest absolute Gasteiger partial charge is 0.280 e. The number of methoxy groups -OCH3 is 1. The second-order valence-corrected chi connectivity index (χ2v) is 9.72. The van der Waals surface area contributed by atoms with Gasteiger partial charge in [-0.25, -0.2) is 14.7 Å². The SMILES string of the molecule is COc1ccc(C2Oc3ccccc3N=C(Nn3c(C)nc4ccccc4c3=O)C2N=Nc2ccccc2Cl)cc1. The molecule has 1 aliphatic heterocycles. The summed E-state index contributed by atoms with van der Waals surface area (Å²) in [6, 6.07) is 28.5. The van der Waals surface area contributed by atoms with E-state index in [1.165, 1.54) is 4.68 Å². The lowest BCUT2D eigenvalue weighted by Crippen LogP contribution is -2.42. The number of hydrogen-bond donors (Lipinski definition) is 1. The number of aryl methyl sites for hydroxylation is 1. The number of halogens is 1. The van der Waals surface area contributed by atoms with Crippen molar-refractivity contribution >= 4 is 39.7 Å². The van der Waals surface area contributed by atoms with Gasteiger partial charge in [0.2, 0.25) is 0 Å². The fraction of sp³-hybridized carbons (Fsp3) is 0.129. The number of nitrogens with zero attached hydrogens (tertiary/aromatic N) is 5. The third kappa shape index (κ3) is 5.27. The van der Waals surface area contributed by atoms with E-state index >= 15 is 0 Å². The molecule has 1 aromatic heterocycles. The maximum Gasteiger partial charge on any atom is 0.280 e. The van der Waals surface area contributed by atoms with E-state index in [9.17, 15) is 4.79 Å². The molecule has 2 heterocycles. The van der Waals surface area contributed by atoms with Crippen LogP contribution < -0.4 is 20.5 Å². The fourth-order valence-corrected chi connectivity index (χ4v) is 4.76. The van der Waals surface area contributed by atoms with Crippen molar-refractivity contribution in [3.63, 3.8) is 0 Å². The van der Waals surface area contributed by atoms with Crippen LogP contribution in [0.25, 0.3) is 10.9 Å². The van der Waals surface area contributed by atoms with Gasteiger partial charge in [0.05, 0.1) is 23.0 Å². The molecule has 0 radical (unpaired) electrons. The molecule has 1 N–H and O–H groups in total. The van der Waals surface area contributed by atoms with Gasteiger partial charge in [-0.15, -0.1) is 0 Å². The Bertz CT molecular complexity index is 1850. The van der Waals surface area contributed by atoms with Gasteiger partial charge in [0, 0.05) is 0 Å². The molecule has 4 aromatic carbocycles. The van der Waals surface area contributed by atoms with Gasteiger partial charge >= 0.3 is 0 Å². The predicted molar refractivity (Wildman–Crippen MR) is 160 cm³/mol. The highest BCUT2D eigenvalue weighted by Gasteiger charge is 2.34. The average Bonchev–Trinajstić information content (AvgIpc) is 3.15. The Balaban J connectivity index is 1.53. The normalized spacial score (nSPS) is 16.5. The molecule has 0 saturated heterocycles. The molecule has 0 amide bonds. The van der Waals surface area contributed by atoms with Crippen molar-refractivity contribution in [1.29, 1.82) is 0 Å². The molecule has 2 atom stereocenters. The summed E-state index contributed by atoms with van der Waals surface area (Å²) >= 11 is 6.40. The number of nitrogens with one attached hydrogen (secondary N) is 1. The van der Waals surface area contributed by atoms with E-state index in [1.807, 2.05) is 72.8 Å². The summed E-state index contributed by atoms with van der Waals surface area (Å²) in [5.74, 6) is 2.06. The van der Waals surface area contributed by atoms with Gasteiger partial charge in [-0.1, -0.05) is 60.1 Å². The van der Waals surface area contributed by atoms with Crippen molar-refractivity contribution in [3.05, 3.63) is 124 Å². The largest absolute Gasteiger partial charge is 0.497 e. The lowest BCUT2D eigenvalue weighted by molar-refractivity contribution is 0.198. The van der Waals surface area contributed by atoms with Crippen molar-refractivity contribution in [2.24, 2.45) is 15.2 Å². The van der Waals surface area contributed by atoms with Crippen molar-refractivity contribution < 1.29 is 9.47 Å². The van der Waals surface area contributed by atoms with Gasteiger partial charge in [-0.05, 0) is 61.0 Å². The maximum atomic E-state index is 13.6. The number of azo groups is 1. The van der Waals surface area contributed by atoms with Gasteiger partial charge < -0.3 is 9.47 Å². The van der Waals surface area contributed by atoms with Gasteiger partial charge in [-0.2, -0.15) is 10.2 Å². The van der Waals surface area contributed by atoms with Crippen LogP contribution in [0.5, 0.6) is 11.5 Å². The second kappa shape index (κ2) is 11.2. The molecule has 10 heteroatoms. The van der Waals surface area contributed by atoms with Crippen LogP contribution in [0, 0.1) is 6.92 Å². The number of aliphatic imine (C=N–C) groups is 1. The minimum atomic E-state index is -0.815. The van der Waals surface area contributed by atoms with Crippen LogP contribution in [-0.4, -0.2) is 28.6 Å². The number of aromatic nitrogens is 2. The minimum absolute atomic E-state index is 0.267. The summed E-state index contributed by atoms with van der Waals surface area (Å²) in [6.07, 6.45) is -0.675. The molecule has 0 bridgehead atoms. The van der Waals surface area contributed by atoms with E-state index in [0.717, 1.165) is 5.56 Å². The second-order valence-electron chi connectivity index (χ2n) is 9.32. The first-order valence-corrected chi connectivity index (χ1v) is 13.3. The topological polar surface area (TPSA) is 102 Å². The molecule has 0 spiro atoms. The Kier molecular flexibility index (Phi) is 7.18. The summed E-state index contributed by atoms with van der Waals surface area (Å²) in [5, 5.41) is 10.1. The van der Waals surface area contributed by atoms with Crippen molar-refractivity contribution in [1.82, 2.24) is 9.66 Å². The summed E-state index contributed by atoms with van der Waals surface area (Å²) in [6.45, 7) is 1.75. The third-order valence-electron chi connectivity index (χ3n) is 6.68. The van der Waals surface area contributed by atoms with Crippen molar-refractivity contribution in [3.8, 4) is 11.5 Å². The first-order chi connectivity index (χ1) is 20.0. The van der Waals surface area contributed by atoms with Crippen molar-refractivity contribution in [2.75, 3.05) is 12.5 Å². The molecule has 2 unspecified atom stereocenters. The summed E-state index contributed by atoms with van der Waals surface area (Å²) < 4.78 is 13.3. The molecule has 0 fully saturated rings. The molecule has 1 aliphatic rings. The Morgan fingerprint density at radius 2 is 1.68 bits per heavy atom. The zero-order valence-corrected chi connectivity index (χ0v) is 23.0. The molecule has 5 aromatic rings. The molecular weight excluding hydrogens is 540 g/mol. The third-order valence-corrected chi connectivity index (χ3v) is 7.00. The monoisotopic (exact) mass is 564 g/mol. The quantitative estimate of drug-likeness (QED) is 0.233. The zero-order valence-electron chi connectivity index (χ0n) is 22.2. The molecule has 41 heavy (non-hydrogen) atoms. The van der Waals surface area contributed by atoms with Gasteiger partial charge in [0.15, 0.2) is 18.0 Å². The van der Waals surface area contributed by atoms with E-state index in [-0.39, 0.29) is 5.56 Å². The molecule has 204 valence electrons. The maximum absolute atomic E-state index is 13.6. The fourth-order valence-electron chi connectivity index (χ4n) is 4.59. The Morgan fingerprint density at radius 1 is 0.951 bits per heavy atom. The molecule has 0 aliphatic carbocycles. The number of hydrogen-bond acceptors (Lipinski definition) is 8. The summed E-state index contributed by atoms with van der Waals surface area (Å²) in [5.41, 5.74) is 5.42. The molecular formula is C31H25ClN6O3.